The third kappa shape index (κ3) is 4.30. The van der Waals surface area contributed by atoms with Crippen molar-refractivity contribution in [2.45, 2.75) is 18.4 Å². The lowest BCUT2D eigenvalue weighted by molar-refractivity contribution is -0.123. The van der Waals surface area contributed by atoms with Gasteiger partial charge in [0.2, 0.25) is 5.91 Å². The van der Waals surface area contributed by atoms with Gasteiger partial charge in [-0.25, -0.2) is 4.98 Å². The van der Waals surface area contributed by atoms with Crippen LogP contribution >= 0.6 is 11.6 Å². The molecule has 0 aliphatic carbocycles. The molecule has 0 aromatic carbocycles. The quantitative estimate of drug-likeness (QED) is 0.842. The third-order valence-electron chi connectivity index (χ3n) is 3.64. The summed E-state index contributed by atoms with van der Waals surface area (Å²) < 4.78 is 5.27. The number of aromatic nitrogens is 1. The molecule has 21 heavy (non-hydrogen) atoms. The maximum Gasteiger partial charge on any atom is 0.240 e. The molecular formula is C14H20ClN3O3. The van der Waals surface area contributed by atoms with Gasteiger partial charge in [-0.05, 0) is 25.0 Å². The van der Waals surface area contributed by atoms with Gasteiger partial charge in [0.1, 0.15) is 5.82 Å². The number of aliphatic hydroxyl groups is 1. The standard InChI is InChI=1S/C14H20ClN3O3/c1-18(12-3-2-11(15)8-16-12)9-13(20)17-14(10-19)4-6-21-7-5-14/h2-3,8,19H,4-7,9-10H2,1H3,(H,17,20). The predicted octanol–water partition coefficient (Wildman–Crippen LogP) is 0.829. The van der Waals surface area contributed by atoms with Crippen molar-refractivity contribution in [2.75, 3.05) is 38.3 Å². The van der Waals surface area contributed by atoms with Gasteiger partial charge in [0.05, 0.1) is 23.7 Å². The van der Waals surface area contributed by atoms with Crippen LogP contribution in [0.15, 0.2) is 18.3 Å². The Morgan fingerprint density at radius 3 is 2.81 bits per heavy atom. The van der Waals surface area contributed by atoms with Gasteiger partial charge in [-0.1, -0.05) is 11.6 Å². The summed E-state index contributed by atoms with van der Waals surface area (Å²) >= 11 is 5.79. The minimum atomic E-state index is -0.566. The van der Waals surface area contributed by atoms with Crippen LogP contribution in [-0.2, 0) is 9.53 Å². The number of carbonyl (C=O) groups is 1. The molecule has 2 N–H and O–H groups in total. The normalized spacial score (nSPS) is 17.3. The Labute approximate surface area is 129 Å². The van der Waals surface area contributed by atoms with E-state index in [1.165, 1.54) is 0 Å². The molecular weight excluding hydrogens is 294 g/mol. The second-order valence-corrected chi connectivity index (χ2v) is 5.73. The number of halogens is 1. The summed E-state index contributed by atoms with van der Waals surface area (Å²) in [6.45, 7) is 1.19. The summed E-state index contributed by atoms with van der Waals surface area (Å²) in [6.07, 6.45) is 2.79. The maximum absolute atomic E-state index is 12.2. The molecule has 1 aliphatic heterocycles. The fraction of sp³-hybridized carbons (Fsp3) is 0.571. The van der Waals surface area contributed by atoms with Gasteiger partial charge >= 0.3 is 0 Å². The molecule has 0 saturated carbocycles. The van der Waals surface area contributed by atoms with Crippen molar-refractivity contribution in [2.24, 2.45) is 0 Å². The zero-order valence-electron chi connectivity index (χ0n) is 12.0. The SMILES string of the molecule is CN(CC(=O)NC1(CO)CCOCC1)c1ccc(Cl)cn1. The van der Waals surface area contributed by atoms with E-state index in [9.17, 15) is 9.90 Å². The topological polar surface area (TPSA) is 74.7 Å². The molecule has 1 fully saturated rings. The molecule has 7 heteroatoms. The number of carbonyl (C=O) groups excluding carboxylic acids is 1. The first-order chi connectivity index (χ1) is 10.0. The van der Waals surface area contributed by atoms with Gasteiger partial charge in [0.15, 0.2) is 0 Å². The lowest BCUT2D eigenvalue weighted by Crippen LogP contribution is -2.56. The van der Waals surface area contributed by atoms with Gasteiger partial charge in [0, 0.05) is 26.5 Å². The number of hydrogen-bond donors (Lipinski definition) is 2. The van der Waals surface area contributed by atoms with E-state index in [2.05, 4.69) is 10.3 Å². The van der Waals surface area contributed by atoms with E-state index in [1.54, 1.807) is 30.3 Å². The summed E-state index contributed by atoms with van der Waals surface area (Å²) in [7, 11) is 1.78. The third-order valence-corrected chi connectivity index (χ3v) is 3.86. The Hall–Kier alpha value is -1.37. The second-order valence-electron chi connectivity index (χ2n) is 5.29. The van der Waals surface area contributed by atoms with E-state index in [-0.39, 0.29) is 19.1 Å². The van der Waals surface area contributed by atoms with Crippen molar-refractivity contribution < 1.29 is 14.6 Å². The average molecular weight is 314 g/mol. The smallest absolute Gasteiger partial charge is 0.240 e. The number of ether oxygens (including phenoxy) is 1. The molecule has 6 nitrogen and oxygen atoms in total. The molecule has 0 bridgehead atoms. The Morgan fingerprint density at radius 1 is 1.52 bits per heavy atom. The van der Waals surface area contributed by atoms with E-state index in [0.717, 1.165) is 0 Å². The van der Waals surface area contributed by atoms with Gasteiger partial charge in [-0.2, -0.15) is 0 Å². The van der Waals surface area contributed by atoms with Crippen LogP contribution in [0.25, 0.3) is 0 Å². The van der Waals surface area contributed by atoms with E-state index in [4.69, 9.17) is 16.3 Å². The minimum absolute atomic E-state index is 0.0784. The van der Waals surface area contributed by atoms with Crippen LogP contribution in [0.1, 0.15) is 12.8 Å². The first kappa shape index (κ1) is 16.0. The van der Waals surface area contributed by atoms with Crippen molar-refractivity contribution in [3.8, 4) is 0 Å². The highest BCUT2D eigenvalue weighted by Gasteiger charge is 2.33. The molecule has 1 aromatic heterocycles. The van der Waals surface area contributed by atoms with Crippen LogP contribution in [0, 0.1) is 0 Å². The maximum atomic E-state index is 12.2. The van der Waals surface area contributed by atoms with Gasteiger partial charge in [-0.3, -0.25) is 4.79 Å². The van der Waals surface area contributed by atoms with Crippen LogP contribution in [0.4, 0.5) is 5.82 Å². The molecule has 1 amide bonds. The van der Waals surface area contributed by atoms with E-state index in [1.807, 2.05) is 0 Å². The molecule has 1 aliphatic rings. The van der Waals surface area contributed by atoms with Crippen LogP contribution in [0.2, 0.25) is 5.02 Å². The number of pyridine rings is 1. The number of amides is 1. The van der Waals surface area contributed by atoms with Crippen LogP contribution in [-0.4, -0.2) is 54.9 Å². The largest absolute Gasteiger partial charge is 0.394 e. The molecule has 1 aromatic rings. The predicted molar refractivity (Wildman–Crippen MR) is 80.5 cm³/mol. The minimum Gasteiger partial charge on any atom is -0.394 e. The Bertz CT molecular complexity index is 475. The van der Waals surface area contributed by atoms with Crippen molar-refractivity contribution in [3.05, 3.63) is 23.4 Å². The number of hydrogen-bond acceptors (Lipinski definition) is 5. The van der Waals surface area contributed by atoms with E-state index < -0.39 is 5.54 Å². The summed E-state index contributed by atoms with van der Waals surface area (Å²) in [5.74, 6) is 0.518. The van der Waals surface area contributed by atoms with Crippen molar-refractivity contribution in [3.63, 3.8) is 0 Å². The zero-order valence-corrected chi connectivity index (χ0v) is 12.8. The fourth-order valence-electron chi connectivity index (χ4n) is 2.31. The number of nitrogens with zero attached hydrogens (tertiary/aromatic N) is 2. The molecule has 0 unspecified atom stereocenters. The lowest BCUT2D eigenvalue weighted by atomic mass is 9.91. The summed E-state index contributed by atoms with van der Waals surface area (Å²) in [6, 6.07) is 3.48. The fourth-order valence-corrected chi connectivity index (χ4v) is 2.42. The lowest BCUT2D eigenvalue weighted by Gasteiger charge is -2.36. The molecule has 1 saturated heterocycles. The Balaban J connectivity index is 1.92. The van der Waals surface area contributed by atoms with Crippen molar-refractivity contribution in [1.82, 2.24) is 10.3 Å². The first-order valence-electron chi connectivity index (χ1n) is 6.87. The molecule has 2 rings (SSSR count). The van der Waals surface area contributed by atoms with Crippen molar-refractivity contribution in [1.29, 1.82) is 0 Å². The number of rotatable bonds is 5. The van der Waals surface area contributed by atoms with Gasteiger partial charge in [-0.15, -0.1) is 0 Å². The molecule has 116 valence electrons. The molecule has 0 spiro atoms. The Kier molecular flexibility index (Phi) is 5.39. The first-order valence-corrected chi connectivity index (χ1v) is 7.25. The molecule has 2 heterocycles. The summed E-state index contributed by atoms with van der Waals surface area (Å²) in [4.78, 5) is 18.1. The number of likely N-dealkylation sites (N-methyl/N-ethyl adjacent to an activating group) is 1. The summed E-state index contributed by atoms with van der Waals surface area (Å²) in [5, 5.41) is 13.0. The van der Waals surface area contributed by atoms with E-state index >= 15 is 0 Å². The van der Waals surface area contributed by atoms with Crippen molar-refractivity contribution >= 4 is 23.3 Å². The van der Waals surface area contributed by atoms with Gasteiger partial charge in [0.25, 0.3) is 0 Å². The highest BCUT2D eigenvalue weighted by Crippen LogP contribution is 2.20. The number of nitrogens with one attached hydrogen (secondary N) is 1. The zero-order chi connectivity index (χ0) is 15.3. The monoisotopic (exact) mass is 313 g/mol. The number of aliphatic hydroxyl groups excluding tert-OH is 1. The summed E-state index contributed by atoms with van der Waals surface area (Å²) in [5.41, 5.74) is -0.566. The van der Waals surface area contributed by atoms with Crippen LogP contribution in [0.3, 0.4) is 0 Å². The second kappa shape index (κ2) is 7.06. The number of anilines is 1. The van der Waals surface area contributed by atoms with Crippen LogP contribution < -0.4 is 10.2 Å². The highest BCUT2D eigenvalue weighted by molar-refractivity contribution is 6.30. The van der Waals surface area contributed by atoms with Crippen LogP contribution in [0.5, 0.6) is 0 Å². The van der Waals surface area contributed by atoms with Gasteiger partial charge < -0.3 is 20.1 Å². The van der Waals surface area contributed by atoms with E-state index in [0.29, 0.717) is 36.9 Å². The Morgan fingerprint density at radius 2 is 2.24 bits per heavy atom. The molecule has 0 atom stereocenters. The average Bonchev–Trinajstić information content (AvgIpc) is 2.48. The highest BCUT2D eigenvalue weighted by atomic mass is 35.5. The molecule has 0 radical (unpaired) electrons.